The van der Waals surface area contributed by atoms with Gasteiger partial charge in [-0.1, -0.05) is 45.6 Å². The average Bonchev–Trinajstić information content (AvgIpc) is 2.98. The number of rotatable bonds is 10. The number of fused-ring (bicyclic) bond motifs is 1. The van der Waals surface area contributed by atoms with Crippen LogP contribution in [0.1, 0.15) is 58.2 Å². The van der Waals surface area contributed by atoms with Gasteiger partial charge in [-0.2, -0.15) is 0 Å². The van der Waals surface area contributed by atoms with Gasteiger partial charge in [-0.05, 0) is 25.0 Å². The monoisotopic (exact) mass is 316 g/mol. The molecular weight excluding hydrogens is 288 g/mol. The lowest BCUT2D eigenvalue weighted by molar-refractivity contribution is -0.125. The smallest absolute Gasteiger partial charge is 0.223 e. The van der Waals surface area contributed by atoms with Crippen molar-refractivity contribution < 1.29 is 4.79 Å². The van der Waals surface area contributed by atoms with E-state index in [9.17, 15) is 4.79 Å². The Morgan fingerprint density at radius 2 is 2.09 bits per heavy atom. The molecule has 0 aromatic carbocycles. The summed E-state index contributed by atoms with van der Waals surface area (Å²) in [5, 5.41) is 11.4. The zero-order valence-corrected chi connectivity index (χ0v) is 14.3. The molecule has 2 aromatic heterocycles. The van der Waals surface area contributed by atoms with E-state index in [1.807, 2.05) is 28.8 Å². The van der Waals surface area contributed by atoms with Crippen LogP contribution in [-0.4, -0.2) is 27.0 Å². The molecule has 0 aliphatic carbocycles. The number of aromatic nitrogens is 3. The third-order valence-corrected chi connectivity index (χ3v) is 4.30. The summed E-state index contributed by atoms with van der Waals surface area (Å²) in [6.07, 6.45) is 9.42. The second-order valence-electron chi connectivity index (χ2n) is 6.04. The van der Waals surface area contributed by atoms with Gasteiger partial charge < -0.3 is 5.32 Å². The molecule has 1 N–H and O–H groups in total. The highest BCUT2D eigenvalue weighted by Crippen LogP contribution is 2.14. The molecule has 0 aliphatic heterocycles. The highest BCUT2D eigenvalue weighted by molar-refractivity contribution is 5.78. The van der Waals surface area contributed by atoms with Crippen molar-refractivity contribution in [2.75, 3.05) is 6.54 Å². The van der Waals surface area contributed by atoms with Crippen LogP contribution >= 0.6 is 0 Å². The van der Waals surface area contributed by atoms with E-state index in [4.69, 9.17) is 0 Å². The number of hydrogen-bond acceptors (Lipinski definition) is 3. The van der Waals surface area contributed by atoms with E-state index in [2.05, 4.69) is 29.4 Å². The Balaban J connectivity index is 1.76. The van der Waals surface area contributed by atoms with Gasteiger partial charge in [-0.3, -0.25) is 9.20 Å². The first-order valence-corrected chi connectivity index (χ1v) is 8.82. The predicted octanol–water partition coefficient (Wildman–Crippen LogP) is 3.38. The van der Waals surface area contributed by atoms with Crippen molar-refractivity contribution in [1.29, 1.82) is 0 Å². The van der Waals surface area contributed by atoms with E-state index in [0.717, 1.165) is 30.7 Å². The van der Waals surface area contributed by atoms with Crippen LogP contribution in [0.25, 0.3) is 5.65 Å². The van der Waals surface area contributed by atoms with Gasteiger partial charge in [-0.15, -0.1) is 10.2 Å². The average molecular weight is 316 g/mol. The lowest BCUT2D eigenvalue weighted by Crippen LogP contribution is -2.32. The van der Waals surface area contributed by atoms with Crippen LogP contribution in [0.3, 0.4) is 0 Å². The van der Waals surface area contributed by atoms with Crippen LogP contribution in [0.15, 0.2) is 24.4 Å². The normalized spacial score (nSPS) is 12.4. The highest BCUT2D eigenvalue weighted by atomic mass is 16.1. The zero-order valence-electron chi connectivity index (χ0n) is 14.3. The lowest BCUT2D eigenvalue weighted by Gasteiger charge is -2.14. The minimum atomic E-state index is 0.141. The third kappa shape index (κ3) is 5.05. The van der Waals surface area contributed by atoms with E-state index in [1.165, 1.54) is 19.3 Å². The van der Waals surface area contributed by atoms with Crippen molar-refractivity contribution in [3.05, 3.63) is 30.2 Å². The highest BCUT2D eigenvalue weighted by Gasteiger charge is 2.15. The molecule has 2 heterocycles. The summed E-state index contributed by atoms with van der Waals surface area (Å²) in [4.78, 5) is 12.3. The van der Waals surface area contributed by atoms with Crippen molar-refractivity contribution in [3.63, 3.8) is 0 Å². The number of unbranched alkanes of at least 4 members (excludes halogenated alkanes) is 3. The first-order valence-electron chi connectivity index (χ1n) is 8.82. The molecule has 1 unspecified atom stereocenters. The number of nitrogens with one attached hydrogen (secondary N) is 1. The van der Waals surface area contributed by atoms with Gasteiger partial charge in [0.25, 0.3) is 0 Å². The van der Waals surface area contributed by atoms with Crippen molar-refractivity contribution in [2.24, 2.45) is 5.92 Å². The molecule has 5 nitrogen and oxygen atoms in total. The summed E-state index contributed by atoms with van der Waals surface area (Å²) < 4.78 is 1.97. The Bertz CT molecular complexity index is 608. The summed E-state index contributed by atoms with van der Waals surface area (Å²) in [5.41, 5.74) is 0.844. The fourth-order valence-corrected chi connectivity index (χ4v) is 2.84. The number of amides is 1. The first kappa shape index (κ1) is 17.4. The number of nitrogens with zero attached hydrogens (tertiary/aromatic N) is 3. The van der Waals surface area contributed by atoms with E-state index in [1.54, 1.807) is 0 Å². The molecule has 126 valence electrons. The molecule has 0 fully saturated rings. The Morgan fingerprint density at radius 3 is 2.87 bits per heavy atom. The maximum atomic E-state index is 12.3. The molecule has 0 spiro atoms. The molecule has 0 radical (unpaired) electrons. The lowest BCUT2D eigenvalue weighted by atomic mass is 9.97. The van der Waals surface area contributed by atoms with Crippen molar-refractivity contribution in [2.45, 2.75) is 58.8 Å². The molecule has 0 saturated carbocycles. The first-order chi connectivity index (χ1) is 11.3. The Kier molecular flexibility index (Phi) is 7.04. The number of carbonyl (C=O) groups excluding carboxylic acids is 1. The van der Waals surface area contributed by atoms with E-state index in [-0.39, 0.29) is 11.8 Å². The number of pyridine rings is 1. The fraction of sp³-hybridized carbons (Fsp3) is 0.611. The van der Waals surface area contributed by atoms with Crippen LogP contribution in [0.4, 0.5) is 0 Å². The minimum absolute atomic E-state index is 0.141. The summed E-state index contributed by atoms with van der Waals surface area (Å²) in [5.74, 6) is 1.21. The Labute approximate surface area is 138 Å². The standard InChI is InChI=1S/C18H28N4O/c1-3-5-6-7-10-15(4-2)18(23)19-13-12-17-21-20-16-11-8-9-14-22(16)17/h8-9,11,14-15H,3-7,10,12-13H2,1-2H3,(H,19,23). The van der Waals surface area contributed by atoms with Crippen LogP contribution in [-0.2, 0) is 11.2 Å². The maximum Gasteiger partial charge on any atom is 0.223 e. The number of carbonyl (C=O) groups is 1. The maximum absolute atomic E-state index is 12.3. The van der Waals surface area contributed by atoms with Gasteiger partial charge in [0.05, 0.1) is 0 Å². The second kappa shape index (κ2) is 9.28. The van der Waals surface area contributed by atoms with Gasteiger partial charge in [0.15, 0.2) is 5.65 Å². The molecule has 0 saturated heterocycles. The molecule has 2 aromatic rings. The van der Waals surface area contributed by atoms with Gasteiger partial charge in [-0.25, -0.2) is 0 Å². The van der Waals surface area contributed by atoms with Crippen LogP contribution in [0, 0.1) is 5.92 Å². The summed E-state index contributed by atoms with van der Waals surface area (Å²) in [7, 11) is 0. The van der Waals surface area contributed by atoms with E-state index >= 15 is 0 Å². The minimum Gasteiger partial charge on any atom is -0.355 e. The number of hydrogen-bond donors (Lipinski definition) is 1. The SMILES string of the molecule is CCCCCCC(CC)C(=O)NCCc1nnc2ccccn12. The van der Waals surface area contributed by atoms with Gasteiger partial charge in [0.2, 0.25) is 5.91 Å². The summed E-state index contributed by atoms with van der Waals surface area (Å²) in [6, 6.07) is 5.83. The Morgan fingerprint density at radius 1 is 1.22 bits per heavy atom. The predicted molar refractivity (Wildman–Crippen MR) is 92.2 cm³/mol. The van der Waals surface area contributed by atoms with Crippen molar-refractivity contribution in [3.8, 4) is 0 Å². The third-order valence-electron chi connectivity index (χ3n) is 4.30. The molecular formula is C18H28N4O. The van der Waals surface area contributed by atoms with E-state index in [0.29, 0.717) is 13.0 Å². The van der Waals surface area contributed by atoms with Crippen LogP contribution in [0.5, 0.6) is 0 Å². The van der Waals surface area contributed by atoms with Gasteiger partial charge in [0.1, 0.15) is 5.82 Å². The van der Waals surface area contributed by atoms with E-state index < -0.39 is 0 Å². The zero-order chi connectivity index (χ0) is 16.5. The molecule has 2 rings (SSSR count). The molecule has 5 heteroatoms. The molecule has 1 amide bonds. The van der Waals surface area contributed by atoms with Crippen molar-refractivity contribution in [1.82, 2.24) is 19.9 Å². The summed E-state index contributed by atoms with van der Waals surface area (Å²) in [6.45, 7) is 4.91. The van der Waals surface area contributed by atoms with Gasteiger partial charge >= 0.3 is 0 Å². The molecule has 23 heavy (non-hydrogen) atoms. The summed E-state index contributed by atoms with van der Waals surface area (Å²) >= 11 is 0. The second-order valence-corrected chi connectivity index (χ2v) is 6.04. The van der Waals surface area contributed by atoms with Crippen molar-refractivity contribution >= 4 is 11.6 Å². The molecule has 0 aliphatic rings. The van der Waals surface area contributed by atoms with Crippen LogP contribution in [0.2, 0.25) is 0 Å². The topological polar surface area (TPSA) is 59.3 Å². The molecule has 0 bridgehead atoms. The fourth-order valence-electron chi connectivity index (χ4n) is 2.84. The Hall–Kier alpha value is -1.91. The molecule has 1 atom stereocenters. The largest absolute Gasteiger partial charge is 0.355 e. The van der Waals surface area contributed by atoms with Crippen LogP contribution < -0.4 is 5.32 Å². The quantitative estimate of drug-likeness (QED) is 0.684. The van der Waals surface area contributed by atoms with Gasteiger partial charge in [0, 0.05) is 25.1 Å².